The van der Waals surface area contributed by atoms with Gasteiger partial charge in [0.05, 0.1) is 6.61 Å². The number of benzene rings is 2. The third-order valence-corrected chi connectivity index (χ3v) is 2.82. The van der Waals surface area contributed by atoms with E-state index in [4.69, 9.17) is 0 Å². The zero-order chi connectivity index (χ0) is 11.5. The van der Waals surface area contributed by atoms with Crippen molar-refractivity contribution in [2.45, 2.75) is 6.61 Å². The summed E-state index contributed by atoms with van der Waals surface area (Å²) >= 11 is 0. The molecule has 2 aromatic carbocycles. The van der Waals surface area contributed by atoms with E-state index in [2.05, 4.69) is 19.2 Å². The number of aliphatic hydroxyl groups excluding tert-OH is 1. The number of hydrogen-bond acceptors (Lipinski definition) is 1. The highest BCUT2D eigenvalue weighted by Gasteiger charge is 2.08. The number of rotatable bonds is 3. The van der Waals surface area contributed by atoms with Crippen molar-refractivity contribution in [1.29, 1.82) is 0 Å². The van der Waals surface area contributed by atoms with Crippen LogP contribution in [0.25, 0.3) is 22.9 Å². The van der Waals surface area contributed by atoms with Gasteiger partial charge < -0.3 is 5.11 Å². The number of fused-ring (bicyclic) bond motifs is 1. The first kappa shape index (κ1) is 10.7. The molecule has 0 radical (unpaired) electrons. The predicted molar refractivity (Wildman–Crippen MR) is 70.1 cm³/mol. The van der Waals surface area contributed by atoms with Crippen molar-refractivity contribution >= 4 is 22.9 Å². The fourth-order valence-electron chi connectivity index (χ4n) is 2.04. The van der Waals surface area contributed by atoms with Crippen molar-refractivity contribution in [3.05, 3.63) is 60.2 Å². The van der Waals surface area contributed by atoms with Crippen LogP contribution in [0, 0.1) is 0 Å². The summed E-state index contributed by atoms with van der Waals surface area (Å²) in [5.74, 6) is 0. The molecule has 80 valence electrons. The predicted octanol–water partition coefficient (Wildman–Crippen LogP) is 3.62. The van der Waals surface area contributed by atoms with Crippen molar-refractivity contribution in [2.75, 3.05) is 0 Å². The lowest BCUT2D eigenvalue weighted by molar-refractivity contribution is 0.283. The monoisotopic (exact) mass is 210 g/mol. The van der Waals surface area contributed by atoms with Gasteiger partial charge in [-0.25, -0.2) is 0 Å². The topological polar surface area (TPSA) is 20.2 Å². The molecule has 0 aliphatic carbocycles. The van der Waals surface area contributed by atoms with Gasteiger partial charge in [0, 0.05) is 0 Å². The van der Waals surface area contributed by atoms with Crippen molar-refractivity contribution in [2.24, 2.45) is 0 Å². The fraction of sp³-hybridized carbons (Fsp3) is 0.0667. The van der Waals surface area contributed by atoms with Crippen molar-refractivity contribution < 1.29 is 5.11 Å². The minimum atomic E-state index is 0.0174. The van der Waals surface area contributed by atoms with Crippen LogP contribution in [-0.4, -0.2) is 5.11 Å². The van der Waals surface area contributed by atoms with E-state index < -0.39 is 0 Å². The van der Waals surface area contributed by atoms with Crippen molar-refractivity contribution in [1.82, 2.24) is 0 Å². The Bertz CT molecular complexity index is 553. The van der Waals surface area contributed by atoms with Gasteiger partial charge in [-0.3, -0.25) is 0 Å². The van der Waals surface area contributed by atoms with Crippen molar-refractivity contribution in [3.63, 3.8) is 0 Å². The Labute approximate surface area is 95.4 Å². The first-order valence-electron chi connectivity index (χ1n) is 5.22. The fourth-order valence-corrected chi connectivity index (χ4v) is 2.04. The van der Waals surface area contributed by atoms with Gasteiger partial charge in [-0.1, -0.05) is 49.6 Å². The van der Waals surface area contributed by atoms with E-state index in [9.17, 15) is 5.11 Å². The molecule has 0 saturated carbocycles. The van der Waals surface area contributed by atoms with Gasteiger partial charge in [0.25, 0.3) is 0 Å². The Morgan fingerprint density at radius 3 is 2.50 bits per heavy atom. The normalized spacial score (nSPS) is 10.3. The standard InChI is InChI=1S/C15H14O/c1-3-11-9-12-7-5-6-8-14(12)15(10-16)13(11)4-2/h3-9,16H,1-2,10H2. The van der Waals surface area contributed by atoms with E-state index in [0.717, 1.165) is 27.5 Å². The molecular weight excluding hydrogens is 196 g/mol. The summed E-state index contributed by atoms with van der Waals surface area (Å²) < 4.78 is 0. The molecule has 16 heavy (non-hydrogen) atoms. The van der Waals surface area contributed by atoms with Gasteiger partial charge in [0.1, 0.15) is 0 Å². The maximum Gasteiger partial charge on any atom is 0.0693 e. The van der Waals surface area contributed by atoms with Crippen LogP contribution in [0.2, 0.25) is 0 Å². The Morgan fingerprint density at radius 1 is 1.12 bits per heavy atom. The highest BCUT2D eigenvalue weighted by molar-refractivity contribution is 5.92. The summed E-state index contributed by atoms with van der Waals surface area (Å²) in [6.07, 6.45) is 3.57. The summed E-state index contributed by atoms with van der Waals surface area (Å²) in [5.41, 5.74) is 2.90. The Balaban J connectivity index is 2.93. The van der Waals surface area contributed by atoms with Crippen LogP contribution < -0.4 is 0 Å². The second-order valence-electron chi connectivity index (χ2n) is 3.65. The molecule has 0 spiro atoms. The van der Waals surface area contributed by atoms with Crippen LogP contribution in [0.1, 0.15) is 16.7 Å². The molecule has 0 aliphatic heterocycles. The van der Waals surface area contributed by atoms with Crippen molar-refractivity contribution in [3.8, 4) is 0 Å². The van der Waals surface area contributed by atoms with Gasteiger partial charge >= 0.3 is 0 Å². The summed E-state index contributed by atoms with van der Waals surface area (Å²) in [4.78, 5) is 0. The van der Waals surface area contributed by atoms with Crippen LogP contribution in [0.15, 0.2) is 43.5 Å². The molecule has 0 aromatic heterocycles. The van der Waals surface area contributed by atoms with E-state index in [1.54, 1.807) is 12.2 Å². The summed E-state index contributed by atoms with van der Waals surface area (Å²) in [5, 5.41) is 11.7. The Hall–Kier alpha value is -1.86. The first-order chi connectivity index (χ1) is 7.81. The van der Waals surface area contributed by atoms with Crippen LogP contribution in [0.3, 0.4) is 0 Å². The molecule has 1 N–H and O–H groups in total. The van der Waals surface area contributed by atoms with Gasteiger partial charge in [-0.05, 0) is 33.5 Å². The summed E-state index contributed by atoms with van der Waals surface area (Å²) in [6.45, 7) is 7.61. The lowest BCUT2D eigenvalue weighted by Crippen LogP contribution is -1.94. The van der Waals surface area contributed by atoms with Crippen LogP contribution >= 0.6 is 0 Å². The Kier molecular flexibility index (Phi) is 2.88. The zero-order valence-electron chi connectivity index (χ0n) is 9.11. The Morgan fingerprint density at radius 2 is 1.88 bits per heavy atom. The molecule has 1 nitrogen and oxygen atoms in total. The van der Waals surface area contributed by atoms with E-state index >= 15 is 0 Å². The molecule has 0 atom stereocenters. The smallest absolute Gasteiger partial charge is 0.0693 e. The third-order valence-electron chi connectivity index (χ3n) is 2.82. The number of aliphatic hydroxyl groups is 1. The average Bonchev–Trinajstić information content (AvgIpc) is 2.36. The molecule has 0 aliphatic rings. The van der Waals surface area contributed by atoms with E-state index in [-0.39, 0.29) is 6.61 Å². The molecule has 2 rings (SSSR count). The zero-order valence-corrected chi connectivity index (χ0v) is 9.11. The summed E-state index contributed by atoms with van der Waals surface area (Å²) in [6, 6.07) is 10.1. The average molecular weight is 210 g/mol. The largest absolute Gasteiger partial charge is 0.392 e. The molecule has 0 bridgehead atoms. The summed E-state index contributed by atoms with van der Waals surface area (Å²) in [7, 11) is 0. The van der Waals surface area contributed by atoms with Crippen LogP contribution in [0.4, 0.5) is 0 Å². The van der Waals surface area contributed by atoms with Crippen LogP contribution in [-0.2, 0) is 6.61 Å². The van der Waals surface area contributed by atoms with Gasteiger partial charge in [-0.2, -0.15) is 0 Å². The molecule has 1 heteroatoms. The quantitative estimate of drug-likeness (QED) is 0.820. The SMILES string of the molecule is C=Cc1cc2ccccc2c(CO)c1C=C. The molecule has 0 unspecified atom stereocenters. The van der Waals surface area contributed by atoms with Gasteiger partial charge in [0.2, 0.25) is 0 Å². The minimum absolute atomic E-state index is 0.0174. The second kappa shape index (κ2) is 4.33. The maximum absolute atomic E-state index is 9.49. The van der Waals surface area contributed by atoms with E-state index in [0.29, 0.717) is 0 Å². The van der Waals surface area contributed by atoms with Crippen LogP contribution in [0.5, 0.6) is 0 Å². The van der Waals surface area contributed by atoms with Gasteiger partial charge in [0.15, 0.2) is 0 Å². The van der Waals surface area contributed by atoms with Gasteiger partial charge in [-0.15, -0.1) is 0 Å². The van der Waals surface area contributed by atoms with E-state index in [1.165, 1.54) is 0 Å². The molecule has 0 heterocycles. The van der Waals surface area contributed by atoms with E-state index in [1.807, 2.05) is 24.3 Å². The molecule has 0 fully saturated rings. The molecular formula is C15H14O. The third kappa shape index (κ3) is 1.55. The highest BCUT2D eigenvalue weighted by Crippen LogP contribution is 2.27. The lowest BCUT2D eigenvalue weighted by Gasteiger charge is -2.11. The molecule has 0 saturated heterocycles. The lowest BCUT2D eigenvalue weighted by atomic mass is 9.94. The highest BCUT2D eigenvalue weighted by atomic mass is 16.3. The molecule has 2 aromatic rings. The first-order valence-corrected chi connectivity index (χ1v) is 5.22. The second-order valence-corrected chi connectivity index (χ2v) is 3.65. The molecule has 0 amide bonds. The minimum Gasteiger partial charge on any atom is -0.392 e. The maximum atomic E-state index is 9.49. The number of hydrogen-bond donors (Lipinski definition) is 1.